The largest absolute Gasteiger partial charge is 0.379 e. The summed E-state index contributed by atoms with van der Waals surface area (Å²) in [6.45, 7) is 7.09. The zero-order valence-electron chi connectivity index (χ0n) is 16.2. The number of rotatable bonds is 6. The van der Waals surface area contributed by atoms with Crippen molar-refractivity contribution in [2.24, 2.45) is 0 Å². The monoisotopic (exact) mass is 379 g/mol. The normalized spacial score (nSPS) is 27.4. The van der Waals surface area contributed by atoms with Crippen LogP contribution in [0.25, 0.3) is 0 Å². The number of nitrogens with zero attached hydrogens (tertiary/aromatic N) is 2. The summed E-state index contributed by atoms with van der Waals surface area (Å²) in [7, 11) is 0. The van der Waals surface area contributed by atoms with E-state index in [0.717, 1.165) is 64.3 Å². The lowest BCUT2D eigenvalue weighted by molar-refractivity contribution is -0.384. The smallest absolute Gasteiger partial charge is 0.292 e. The number of hydrogen-bond acceptors (Lipinski definition) is 5. The van der Waals surface area contributed by atoms with E-state index in [1.807, 2.05) is 0 Å². The number of likely N-dealkylation sites (tertiary alicyclic amines) is 1. The summed E-state index contributed by atoms with van der Waals surface area (Å²) in [4.78, 5) is 13.3. The van der Waals surface area contributed by atoms with Crippen LogP contribution in [0.1, 0.15) is 52.4 Å². The first-order valence-electron chi connectivity index (χ1n) is 9.98. The highest BCUT2D eigenvalue weighted by atomic mass is 19.1. The Kier molecular flexibility index (Phi) is 6.32. The molecule has 1 aliphatic carbocycles. The van der Waals surface area contributed by atoms with Gasteiger partial charge in [-0.25, -0.2) is 4.39 Å². The van der Waals surface area contributed by atoms with Gasteiger partial charge >= 0.3 is 0 Å². The highest BCUT2D eigenvalue weighted by Crippen LogP contribution is 2.37. The average Bonchev–Trinajstić information content (AvgIpc) is 2.64. The molecule has 1 aromatic carbocycles. The molecule has 0 aromatic heterocycles. The van der Waals surface area contributed by atoms with Crippen LogP contribution < -0.4 is 5.32 Å². The Morgan fingerprint density at radius 3 is 2.56 bits per heavy atom. The molecule has 0 bridgehead atoms. The second-order valence-electron chi connectivity index (χ2n) is 7.98. The topological polar surface area (TPSA) is 67.6 Å². The van der Waals surface area contributed by atoms with Crippen LogP contribution in [0.4, 0.5) is 15.8 Å². The maximum Gasteiger partial charge on any atom is 0.292 e. The molecule has 0 atom stereocenters. The molecule has 0 spiro atoms. The minimum atomic E-state index is -0.464. The number of hydrogen-bond donors (Lipinski definition) is 1. The molecule has 1 aromatic rings. The third-order valence-corrected chi connectivity index (χ3v) is 6.19. The van der Waals surface area contributed by atoms with Gasteiger partial charge in [-0.2, -0.15) is 0 Å². The number of piperidine rings is 1. The third-order valence-electron chi connectivity index (χ3n) is 6.19. The van der Waals surface area contributed by atoms with Crippen molar-refractivity contribution in [3.63, 3.8) is 0 Å². The Morgan fingerprint density at radius 2 is 1.96 bits per heavy atom. The third kappa shape index (κ3) is 4.76. The molecule has 3 rings (SSSR count). The van der Waals surface area contributed by atoms with Crippen LogP contribution in [0.15, 0.2) is 18.2 Å². The molecule has 1 N–H and O–H groups in total. The van der Waals surface area contributed by atoms with Gasteiger partial charge in [-0.15, -0.1) is 0 Å². The Hall–Kier alpha value is -1.73. The molecule has 0 amide bonds. The van der Waals surface area contributed by atoms with E-state index in [1.165, 1.54) is 12.1 Å². The SMILES string of the molecule is CCO[C@H]1CC[C@](C)(N2CCC(Nc3cc(F)ccc3[N+](=O)[O-])CC2)CC1. The van der Waals surface area contributed by atoms with Gasteiger partial charge in [-0.1, -0.05) is 0 Å². The fourth-order valence-electron chi connectivity index (χ4n) is 4.50. The van der Waals surface area contributed by atoms with Gasteiger partial charge in [0.1, 0.15) is 11.5 Å². The van der Waals surface area contributed by atoms with Gasteiger partial charge in [-0.3, -0.25) is 15.0 Å². The van der Waals surface area contributed by atoms with E-state index in [1.54, 1.807) is 0 Å². The first kappa shape index (κ1) is 20.0. The Balaban J connectivity index is 1.55. The van der Waals surface area contributed by atoms with Crippen molar-refractivity contribution in [1.29, 1.82) is 0 Å². The Bertz CT molecular complexity index is 654. The maximum absolute atomic E-state index is 13.5. The van der Waals surface area contributed by atoms with Crippen LogP contribution in [-0.2, 0) is 4.74 Å². The summed E-state index contributed by atoms with van der Waals surface area (Å²) >= 11 is 0. The standard InChI is InChI=1S/C20H30FN3O3/c1-3-27-17-6-10-20(2,11-7-17)23-12-8-16(9-13-23)22-18-14-15(21)4-5-19(18)24(25)26/h4-5,14,16-17,22H,3,6-13H2,1-2H3/t17-,20-. The average molecular weight is 379 g/mol. The van der Waals surface area contributed by atoms with Gasteiger partial charge in [-0.05, 0) is 58.4 Å². The number of anilines is 1. The van der Waals surface area contributed by atoms with E-state index < -0.39 is 10.7 Å². The molecule has 1 aliphatic heterocycles. The summed E-state index contributed by atoms with van der Waals surface area (Å²) < 4.78 is 19.3. The predicted octanol–water partition coefficient (Wildman–Crippen LogP) is 4.35. The van der Waals surface area contributed by atoms with Crippen LogP contribution in [0, 0.1) is 15.9 Å². The number of nitrogens with one attached hydrogen (secondary N) is 1. The number of nitro benzene ring substituents is 1. The predicted molar refractivity (Wildman–Crippen MR) is 104 cm³/mol. The van der Waals surface area contributed by atoms with Gasteiger partial charge in [0.15, 0.2) is 0 Å². The second kappa shape index (κ2) is 8.52. The molecule has 1 saturated heterocycles. The lowest BCUT2D eigenvalue weighted by atomic mass is 9.79. The Morgan fingerprint density at radius 1 is 1.30 bits per heavy atom. The molecule has 2 fully saturated rings. The minimum Gasteiger partial charge on any atom is -0.379 e. The minimum absolute atomic E-state index is 0.0694. The fraction of sp³-hybridized carbons (Fsp3) is 0.700. The zero-order valence-corrected chi connectivity index (χ0v) is 16.2. The summed E-state index contributed by atoms with van der Waals surface area (Å²) in [6.07, 6.45) is 6.71. The van der Waals surface area contributed by atoms with Crippen LogP contribution in [0.5, 0.6) is 0 Å². The highest BCUT2D eigenvalue weighted by molar-refractivity contribution is 5.61. The number of benzene rings is 1. The lowest BCUT2D eigenvalue weighted by Crippen LogP contribution is -2.53. The van der Waals surface area contributed by atoms with E-state index in [-0.39, 0.29) is 23.0 Å². The van der Waals surface area contributed by atoms with E-state index >= 15 is 0 Å². The molecule has 7 heteroatoms. The molecule has 2 aliphatic rings. The van der Waals surface area contributed by atoms with Crippen LogP contribution in [-0.4, -0.2) is 47.2 Å². The maximum atomic E-state index is 13.5. The van der Waals surface area contributed by atoms with Crippen LogP contribution in [0.3, 0.4) is 0 Å². The summed E-state index contributed by atoms with van der Waals surface area (Å²) in [6, 6.07) is 3.71. The van der Waals surface area contributed by atoms with Gasteiger partial charge in [0.2, 0.25) is 0 Å². The fourth-order valence-corrected chi connectivity index (χ4v) is 4.50. The number of ether oxygens (including phenoxy) is 1. The summed E-state index contributed by atoms with van der Waals surface area (Å²) in [5.74, 6) is -0.459. The molecule has 0 unspecified atom stereocenters. The molecule has 6 nitrogen and oxygen atoms in total. The van der Waals surface area contributed by atoms with Crippen molar-refractivity contribution in [1.82, 2.24) is 4.90 Å². The lowest BCUT2D eigenvalue weighted by Gasteiger charge is -2.48. The van der Waals surface area contributed by atoms with E-state index in [4.69, 9.17) is 4.74 Å². The van der Waals surface area contributed by atoms with E-state index in [0.29, 0.717) is 6.10 Å². The van der Waals surface area contributed by atoms with Gasteiger partial charge in [0, 0.05) is 43.4 Å². The van der Waals surface area contributed by atoms with E-state index in [2.05, 4.69) is 24.1 Å². The summed E-state index contributed by atoms with van der Waals surface area (Å²) in [5, 5.41) is 14.4. The van der Waals surface area contributed by atoms with Crippen molar-refractivity contribution in [3.05, 3.63) is 34.1 Å². The van der Waals surface area contributed by atoms with Gasteiger partial charge in [0.25, 0.3) is 5.69 Å². The quantitative estimate of drug-likeness (QED) is 0.588. The van der Waals surface area contributed by atoms with Crippen molar-refractivity contribution in [2.75, 3.05) is 25.0 Å². The van der Waals surface area contributed by atoms with Crippen molar-refractivity contribution in [3.8, 4) is 0 Å². The molecular formula is C20H30FN3O3. The second-order valence-corrected chi connectivity index (χ2v) is 7.98. The zero-order chi connectivity index (χ0) is 19.4. The van der Waals surface area contributed by atoms with Crippen molar-refractivity contribution in [2.45, 2.75) is 70.1 Å². The molecule has 1 saturated carbocycles. The number of nitro groups is 1. The molecule has 1 heterocycles. The van der Waals surface area contributed by atoms with Crippen molar-refractivity contribution < 1.29 is 14.1 Å². The van der Waals surface area contributed by atoms with Crippen LogP contribution >= 0.6 is 0 Å². The first-order valence-corrected chi connectivity index (χ1v) is 9.98. The molecule has 0 radical (unpaired) electrons. The van der Waals surface area contributed by atoms with Gasteiger partial charge < -0.3 is 10.1 Å². The van der Waals surface area contributed by atoms with E-state index in [9.17, 15) is 14.5 Å². The van der Waals surface area contributed by atoms with Crippen molar-refractivity contribution >= 4 is 11.4 Å². The molecular weight excluding hydrogens is 349 g/mol. The Labute approximate surface area is 160 Å². The summed E-state index contributed by atoms with van der Waals surface area (Å²) in [5.41, 5.74) is 0.422. The van der Waals surface area contributed by atoms with Crippen LogP contribution in [0.2, 0.25) is 0 Å². The first-order chi connectivity index (χ1) is 12.9. The van der Waals surface area contributed by atoms with Gasteiger partial charge in [0.05, 0.1) is 11.0 Å². The highest BCUT2D eigenvalue weighted by Gasteiger charge is 2.38. The number of halogens is 1. The molecule has 27 heavy (non-hydrogen) atoms. The molecule has 150 valence electrons.